The lowest BCUT2D eigenvalue weighted by molar-refractivity contribution is -0.143. The molecule has 0 spiro atoms. The summed E-state index contributed by atoms with van der Waals surface area (Å²) < 4.78 is 9.65. The number of hydrogen-bond acceptors (Lipinski definition) is 4. The Morgan fingerprint density at radius 2 is 2.00 bits per heavy atom. The molecule has 0 amide bonds. The van der Waals surface area contributed by atoms with Crippen LogP contribution < -0.4 is 5.73 Å². The van der Waals surface area contributed by atoms with Gasteiger partial charge in [0.05, 0.1) is 19.8 Å². The number of carbonyl (C=O) groups is 1. The average Bonchev–Trinajstić information content (AvgIpc) is 2.04. The van der Waals surface area contributed by atoms with Crippen LogP contribution in [0.15, 0.2) is 0 Å². The molecule has 2 N–H and O–H groups in total. The van der Waals surface area contributed by atoms with Crippen molar-refractivity contribution in [2.75, 3.05) is 31.7 Å². The molecular weight excluding hydrogens is 294 g/mol. The first-order valence-corrected chi connectivity index (χ1v) is 4.42. The Kier molecular flexibility index (Phi) is 14.0. The Morgan fingerprint density at radius 1 is 1.33 bits per heavy atom. The molecule has 0 heterocycles. The summed E-state index contributed by atoms with van der Waals surface area (Å²) in [4.78, 5) is 10.4. The fraction of sp³-hybridized carbons (Fsp3) is 0.833. The molecule has 0 radical (unpaired) electrons. The number of ether oxygens (including phenoxy) is 2. The molecule has 0 aliphatic rings. The van der Waals surface area contributed by atoms with Crippen molar-refractivity contribution in [2.45, 2.75) is 0 Å². The molecule has 0 atom stereocenters. The van der Waals surface area contributed by atoms with Gasteiger partial charge in [-0.1, -0.05) is 15.9 Å². The quantitative estimate of drug-likeness (QED) is 0.440. The van der Waals surface area contributed by atoms with Crippen molar-refractivity contribution in [1.82, 2.24) is 0 Å². The zero-order valence-electron chi connectivity index (χ0n) is 6.62. The van der Waals surface area contributed by atoms with Gasteiger partial charge in [-0.2, -0.15) is 0 Å². The van der Waals surface area contributed by atoms with Crippen LogP contribution >= 0.6 is 32.9 Å². The monoisotopic (exact) mass is 305 g/mol. The van der Waals surface area contributed by atoms with E-state index in [9.17, 15) is 4.79 Å². The minimum atomic E-state index is -0.396. The van der Waals surface area contributed by atoms with E-state index >= 15 is 0 Å². The van der Waals surface area contributed by atoms with Gasteiger partial charge in [0.2, 0.25) is 0 Å². The van der Waals surface area contributed by atoms with Crippen molar-refractivity contribution in [2.24, 2.45) is 5.73 Å². The number of carbonyl (C=O) groups excluding carboxylic acids is 1. The molecule has 0 rings (SSSR count). The molecule has 0 aromatic heterocycles. The fourth-order valence-electron chi connectivity index (χ4n) is 0.430. The number of rotatable bonds is 6. The van der Waals surface area contributed by atoms with Crippen molar-refractivity contribution in [3.05, 3.63) is 0 Å². The third kappa shape index (κ3) is 10.3. The van der Waals surface area contributed by atoms with Crippen LogP contribution in [0.1, 0.15) is 0 Å². The van der Waals surface area contributed by atoms with Crippen LogP contribution in [0.25, 0.3) is 0 Å². The summed E-state index contributed by atoms with van der Waals surface area (Å²) in [6, 6.07) is 0. The highest BCUT2D eigenvalue weighted by Gasteiger charge is 1.96. The van der Waals surface area contributed by atoms with Gasteiger partial charge < -0.3 is 15.2 Å². The van der Waals surface area contributed by atoms with Gasteiger partial charge in [-0.15, -0.1) is 17.0 Å². The number of halogens is 2. The molecule has 0 saturated heterocycles. The van der Waals surface area contributed by atoms with Gasteiger partial charge >= 0.3 is 5.97 Å². The first-order chi connectivity index (χ1) is 5.31. The molecule has 0 aromatic rings. The van der Waals surface area contributed by atoms with Gasteiger partial charge in [-0.3, -0.25) is 4.79 Å². The second kappa shape index (κ2) is 11.4. The van der Waals surface area contributed by atoms with E-state index in [-0.39, 0.29) is 30.1 Å². The fourth-order valence-corrected chi connectivity index (χ4v) is 0.659. The normalized spacial score (nSPS) is 8.83. The highest BCUT2D eigenvalue weighted by Crippen LogP contribution is 1.82. The maximum atomic E-state index is 10.4. The van der Waals surface area contributed by atoms with Gasteiger partial charge in [0.1, 0.15) is 6.61 Å². The molecule has 0 saturated carbocycles. The summed E-state index contributed by atoms with van der Waals surface area (Å²) in [5.41, 5.74) is 4.99. The molecular formula is C6H13Br2NO3. The lowest BCUT2D eigenvalue weighted by atomic mass is 10.7. The molecule has 4 nitrogen and oxygen atoms in total. The zero-order valence-corrected chi connectivity index (χ0v) is 9.92. The Hall–Kier alpha value is 0.350. The van der Waals surface area contributed by atoms with Crippen molar-refractivity contribution in [3.8, 4) is 0 Å². The van der Waals surface area contributed by atoms with Gasteiger partial charge in [0, 0.05) is 5.33 Å². The molecule has 0 aromatic carbocycles. The Balaban J connectivity index is 0. The largest absolute Gasteiger partial charge is 0.462 e. The minimum Gasteiger partial charge on any atom is -0.462 e. The van der Waals surface area contributed by atoms with Crippen molar-refractivity contribution >= 4 is 38.9 Å². The molecule has 74 valence electrons. The van der Waals surface area contributed by atoms with E-state index in [2.05, 4.69) is 20.7 Å². The van der Waals surface area contributed by atoms with E-state index in [1.807, 2.05) is 0 Å². The Labute approximate surface area is 90.7 Å². The van der Waals surface area contributed by atoms with Crippen LogP contribution in [0.2, 0.25) is 0 Å². The van der Waals surface area contributed by atoms with Crippen LogP contribution in [0, 0.1) is 0 Å². The second-order valence-electron chi connectivity index (χ2n) is 1.73. The van der Waals surface area contributed by atoms with Gasteiger partial charge in [-0.25, -0.2) is 0 Å². The maximum Gasteiger partial charge on any atom is 0.319 e. The lowest BCUT2D eigenvalue weighted by Crippen LogP contribution is -2.19. The summed E-state index contributed by atoms with van der Waals surface area (Å²) in [5.74, 6) is -0.396. The van der Waals surface area contributed by atoms with Crippen molar-refractivity contribution < 1.29 is 14.3 Å². The summed E-state index contributed by atoms with van der Waals surface area (Å²) in [7, 11) is 0. The predicted octanol–water partition coefficient (Wildman–Crippen LogP) is 0.478. The zero-order chi connectivity index (χ0) is 8.53. The number of nitrogens with two attached hydrogens (primary N) is 1. The van der Waals surface area contributed by atoms with Crippen molar-refractivity contribution in [3.63, 3.8) is 0 Å². The Bertz CT molecular complexity index is 113. The first-order valence-electron chi connectivity index (χ1n) is 3.30. The van der Waals surface area contributed by atoms with Gasteiger partial charge in [0.15, 0.2) is 0 Å². The highest BCUT2D eigenvalue weighted by molar-refractivity contribution is 9.09. The smallest absolute Gasteiger partial charge is 0.319 e. The molecule has 0 aliphatic heterocycles. The average molecular weight is 307 g/mol. The van der Waals surface area contributed by atoms with Gasteiger partial charge in [0.25, 0.3) is 0 Å². The summed E-state index contributed by atoms with van der Waals surface area (Å²) >= 11 is 3.19. The topological polar surface area (TPSA) is 61.6 Å². The number of hydrogen-bond donors (Lipinski definition) is 1. The SMILES string of the molecule is Br.NCC(=O)OCCOCCBr. The number of alkyl halides is 1. The number of esters is 1. The van der Waals surface area contributed by atoms with Crippen LogP contribution in [0.5, 0.6) is 0 Å². The molecule has 6 heteroatoms. The van der Waals surface area contributed by atoms with Gasteiger partial charge in [-0.05, 0) is 0 Å². The standard InChI is InChI=1S/C6H12BrNO3.BrH/c7-1-2-10-3-4-11-6(9)5-8;/h1-5,8H2;1H. The molecule has 0 fully saturated rings. The van der Waals surface area contributed by atoms with Crippen LogP contribution in [0.3, 0.4) is 0 Å². The Morgan fingerprint density at radius 3 is 2.50 bits per heavy atom. The molecule has 0 bridgehead atoms. The van der Waals surface area contributed by atoms with E-state index in [1.54, 1.807) is 0 Å². The lowest BCUT2D eigenvalue weighted by Gasteiger charge is -2.02. The molecule has 12 heavy (non-hydrogen) atoms. The van der Waals surface area contributed by atoms with Crippen LogP contribution in [-0.2, 0) is 14.3 Å². The second-order valence-corrected chi connectivity index (χ2v) is 2.52. The van der Waals surface area contributed by atoms with Crippen LogP contribution in [-0.4, -0.2) is 37.7 Å². The molecule has 0 aliphatic carbocycles. The van der Waals surface area contributed by atoms with E-state index in [4.69, 9.17) is 10.5 Å². The van der Waals surface area contributed by atoms with Crippen LogP contribution in [0.4, 0.5) is 0 Å². The maximum absolute atomic E-state index is 10.4. The van der Waals surface area contributed by atoms with E-state index in [1.165, 1.54) is 0 Å². The minimum absolute atomic E-state index is 0. The third-order valence-corrected chi connectivity index (χ3v) is 1.20. The van der Waals surface area contributed by atoms with E-state index in [0.717, 1.165) is 5.33 Å². The first kappa shape index (κ1) is 14.9. The predicted molar refractivity (Wildman–Crippen MR) is 54.9 cm³/mol. The summed E-state index contributed by atoms with van der Waals surface area (Å²) in [6.45, 7) is 1.26. The van der Waals surface area contributed by atoms with E-state index < -0.39 is 5.97 Å². The summed E-state index contributed by atoms with van der Waals surface area (Å²) in [6.07, 6.45) is 0. The third-order valence-electron chi connectivity index (χ3n) is 0.879. The van der Waals surface area contributed by atoms with E-state index in [0.29, 0.717) is 13.2 Å². The highest BCUT2D eigenvalue weighted by atomic mass is 79.9. The molecule has 0 unspecified atom stereocenters. The summed E-state index contributed by atoms with van der Waals surface area (Å²) in [5, 5.41) is 0.790. The van der Waals surface area contributed by atoms with Crippen molar-refractivity contribution in [1.29, 1.82) is 0 Å².